The fourth-order valence-electron chi connectivity index (χ4n) is 1.25. The number of H-pyrrole nitrogens is 2. The van der Waals surface area contributed by atoms with E-state index in [4.69, 9.17) is 4.42 Å². The summed E-state index contributed by atoms with van der Waals surface area (Å²) in [6.07, 6.45) is 0. The number of hydrogen-bond donors (Lipinski definition) is 2. The van der Waals surface area contributed by atoms with Crippen molar-refractivity contribution in [2.75, 3.05) is 0 Å². The van der Waals surface area contributed by atoms with Crippen LogP contribution >= 0.6 is 12.2 Å². The van der Waals surface area contributed by atoms with E-state index in [0.29, 0.717) is 5.69 Å². The van der Waals surface area contributed by atoms with Crippen molar-refractivity contribution in [1.29, 1.82) is 0 Å². The molecule has 0 unspecified atom stereocenters. The minimum atomic E-state index is -0.505. The average molecular weight is 240 g/mol. The molecule has 0 aliphatic carbocycles. The van der Waals surface area contributed by atoms with Gasteiger partial charge >= 0.3 is 5.69 Å². The van der Waals surface area contributed by atoms with Gasteiger partial charge in [0.25, 0.3) is 10.4 Å². The number of rotatable bonds is 2. The van der Waals surface area contributed by atoms with E-state index in [2.05, 4.69) is 27.4 Å². The van der Waals surface area contributed by atoms with Crippen molar-refractivity contribution in [1.82, 2.24) is 19.7 Å². The van der Waals surface area contributed by atoms with Crippen LogP contribution in [0.25, 0.3) is 0 Å². The van der Waals surface area contributed by atoms with E-state index in [1.165, 1.54) is 6.07 Å². The molecule has 8 heteroatoms. The molecule has 2 aromatic heterocycles. The van der Waals surface area contributed by atoms with Gasteiger partial charge in [0.05, 0.1) is 0 Å². The first-order valence-corrected chi connectivity index (χ1v) is 4.82. The van der Waals surface area contributed by atoms with Gasteiger partial charge in [-0.1, -0.05) is 0 Å². The predicted octanol–water partition coefficient (Wildman–Crippen LogP) is -0.0611. The number of nitrogens with one attached hydrogen (secondary N) is 2. The van der Waals surface area contributed by atoms with Gasteiger partial charge < -0.3 is 9.40 Å². The van der Waals surface area contributed by atoms with Crippen molar-refractivity contribution in [3.8, 4) is 0 Å². The van der Waals surface area contributed by atoms with Gasteiger partial charge in [0, 0.05) is 11.8 Å². The van der Waals surface area contributed by atoms with Crippen LogP contribution in [0.4, 0.5) is 0 Å². The summed E-state index contributed by atoms with van der Waals surface area (Å²) in [6.45, 7) is 1.58. The Kier molecular flexibility index (Phi) is 2.57. The Balaban J connectivity index is 2.46. The largest absolute Gasteiger partial charge is 0.412 e. The first-order chi connectivity index (χ1) is 7.56. The predicted molar refractivity (Wildman–Crippen MR) is 56.8 cm³/mol. The van der Waals surface area contributed by atoms with Crippen LogP contribution in [0.2, 0.25) is 0 Å². The van der Waals surface area contributed by atoms with Crippen LogP contribution in [0.5, 0.6) is 0 Å². The van der Waals surface area contributed by atoms with Gasteiger partial charge in [0.15, 0.2) is 0 Å². The van der Waals surface area contributed by atoms with Crippen molar-refractivity contribution in [3.05, 3.63) is 43.3 Å². The molecule has 0 saturated heterocycles. The van der Waals surface area contributed by atoms with Crippen LogP contribution in [-0.2, 0) is 6.54 Å². The second kappa shape index (κ2) is 3.89. The lowest BCUT2D eigenvalue weighted by Crippen LogP contribution is -2.35. The Morgan fingerprint density at radius 2 is 2.31 bits per heavy atom. The summed E-state index contributed by atoms with van der Waals surface area (Å²) >= 11 is 4.68. The summed E-state index contributed by atoms with van der Waals surface area (Å²) in [5.74, 6) is 0.182. The fraction of sp³-hybridized carbons (Fsp3) is 0.250. The molecule has 0 bridgehead atoms. The van der Waals surface area contributed by atoms with Crippen LogP contribution in [0.15, 0.2) is 20.1 Å². The highest BCUT2D eigenvalue weighted by Crippen LogP contribution is 1.94. The molecule has 0 aromatic carbocycles. The summed E-state index contributed by atoms with van der Waals surface area (Å²) in [4.78, 5) is 25.6. The van der Waals surface area contributed by atoms with E-state index >= 15 is 0 Å². The third-order valence-electron chi connectivity index (χ3n) is 1.93. The Bertz CT molecular complexity index is 646. The Morgan fingerprint density at radius 1 is 1.56 bits per heavy atom. The van der Waals surface area contributed by atoms with Gasteiger partial charge in [0.1, 0.15) is 6.54 Å². The zero-order chi connectivity index (χ0) is 11.7. The molecule has 0 amide bonds. The van der Waals surface area contributed by atoms with E-state index in [0.717, 1.165) is 4.57 Å². The van der Waals surface area contributed by atoms with E-state index in [1.54, 1.807) is 6.92 Å². The molecular weight excluding hydrogens is 232 g/mol. The number of aryl methyl sites for hydroxylation is 1. The summed E-state index contributed by atoms with van der Waals surface area (Å²) in [5, 5.41) is 6.12. The van der Waals surface area contributed by atoms with Crippen LogP contribution in [-0.4, -0.2) is 19.7 Å². The molecular formula is C8H8N4O3S. The van der Waals surface area contributed by atoms with Crippen molar-refractivity contribution in [3.63, 3.8) is 0 Å². The van der Waals surface area contributed by atoms with Gasteiger partial charge in [-0.05, 0) is 19.1 Å². The molecule has 2 heterocycles. The lowest BCUT2D eigenvalue weighted by molar-refractivity contribution is 0.457. The Morgan fingerprint density at radius 3 is 2.88 bits per heavy atom. The van der Waals surface area contributed by atoms with E-state index in [-0.39, 0.29) is 17.3 Å². The van der Waals surface area contributed by atoms with Crippen molar-refractivity contribution in [2.45, 2.75) is 13.5 Å². The van der Waals surface area contributed by atoms with Gasteiger partial charge in [-0.3, -0.25) is 9.36 Å². The maximum absolute atomic E-state index is 11.5. The number of aromatic amines is 2. The minimum Gasteiger partial charge on any atom is -0.412 e. The van der Waals surface area contributed by atoms with Crippen molar-refractivity contribution in [2.24, 2.45) is 0 Å². The van der Waals surface area contributed by atoms with E-state index in [1.807, 2.05) is 0 Å². The van der Waals surface area contributed by atoms with Crippen LogP contribution in [0.3, 0.4) is 0 Å². The third-order valence-corrected chi connectivity index (χ3v) is 2.11. The summed E-state index contributed by atoms with van der Waals surface area (Å²) in [6, 6.07) is 1.32. The maximum atomic E-state index is 11.5. The quantitative estimate of drug-likeness (QED) is 0.717. The van der Waals surface area contributed by atoms with E-state index < -0.39 is 11.2 Å². The first kappa shape index (κ1) is 10.6. The summed E-state index contributed by atoms with van der Waals surface area (Å²) < 4.78 is 5.94. The average Bonchev–Trinajstić information content (AvgIpc) is 2.58. The number of hydrogen-bond acceptors (Lipinski definition) is 5. The van der Waals surface area contributed by atoms with Crippen LogP contribution < -0.4 is 11.2 Å². The molecule has 0 atom stereocenters. The summed E-state index contributed by atoms with van der Waals surface area (Å²) in [5.41, 5.74) is -0.409. The lowest BCUT2D eigenvalue weighted by Gasteiger charge is -2.00. The molecule has 0 fully saturated rings. The Hall–Kier alpha value is -1.96. The number of nitrogens with zero attached hydrogens (tertiary/aromatic N) is 2. The highest BCUT2D eigenvalue weighted by Gasteiger charge is 2.06. The SMILES string of the molecule is Cc1cc(=O)n(Cc2n[nH]c(=S)o2)c(=O)[nH]1. The highest BCUT2D eigenvalue weighted by atomic mass is 32.1. The molecule has 0 spiro atoms. The number of aromatic nitrogens is 4. The lowest BCUT2D eigenvalue weighted by atomic mass is 10.4. The zero-order valence-electron chi connectivity index (χ0n) is 8.31. The Labute approximate surface area is 93.8 Å². The smallest absolute Gasteiger partial charge is 0.329 e. The molecule has 2 rings (SSSR count). The fourth-order valence-corrected chi connectivity index (χ4v) is 1.39. The monoisotopic (exact) mass is 240 g/mol. The molecule has 0 radical (unpaired) electrons. The van der Waals surface area contributed by atoms with Gasteiger partial charge in [-0.2, -0.15) is 0 Å². The maximum Gasteiger partial charge on any atom is 0.329 e. The molecule has 84 valence electrons. The normalized spacial score (nSPS) is 10.6. The molecule has 2 N–H and O–H groups in total. The third kappa shape index (κ3) is 2.01. The van der Waals surface area contributed by atoms with Crippen LogP contribution in [0, 0.1) is 11.8 Å². The van der Waals surface area contributed by atoms with Gasteiger partial charge in [-0.25, -0.2) is 9.89 Å². The van der Waals surface area contributed by atoms with E-state index in [9.17, 15) is 9.59 Å². The molecule has 7 nitrogen and oxygen atoms in total. The molecule has 16 heavy (non-hydrogen) atoms. The van der Waals surface area contributed by atoms with Crippen molar-refractivity contribution < 1.29 is 4.42 Å². The first-order valence-electron chi connectivity index (χ1n) is 4.41. The standard InChI is InChI=1S/C8H8N4O3S/c1-4-2-6(13)12(7(14)9-4)3-5-10-11-8(16)15-5/h2H,3H2,1H3,(H,9,14)(H,11,16). The molecule has 0 aliphatic rings. The second-order valence-electron chi connectivity index (χ2n) is 3.19. The molecule has 0 saturated carbocycles. The molecule has 2 aromatic rings. The van der Waals surface area contributed by atoms with Crippen LogP contribution in [0.1, 0.15) is 11.6 Å². The topological polar surface area (TPSA) is 96.7 Å². The summed E-state index contributed by atoms with van der Waals surface area (Å²) in [7, 11) is 0. The van der Waals surface area contributed by atoms with Gasteiger partial charge in [-0.15, -0.1) is 5.10 Å². The molecule has 0 aliphatic heterocycles. The second-order valence-corrected chi connectivity index (χ2v) is 3.56. The van der Waals surface area contributed by atoms with Gasteiger partial charge in [0.2, 0.25) is 5.89 Å². The zero-order valence-corrected chi connectivity index (χ0v) is 9.13. The minimum absolute atomic E-state index is 0.0540. The van der Waals surface area contributed by atoms with Crippen molar-refractivity contribution >= 4 is 12.2 Å². The highest BCUT2D eigenvalue weighted by molar-refractivity contribution is 7.71.